The highest BCUT2D eigenvalue weighted by molar-refractivity contribution is 5.99. The minimum Gasteiger partial charge on any atom is -0.393 e. The lowest BCUT2D eigenvalue weighted by Crippen LogP contribution is -2.29. The third kappa shape index (κ3) is 5.15. The van der Waals surface area contributed by atoms with Crippen molar-refractivity contribution in [2.75, 3.05) is 20.1 Å². The molecule has 0 saturated heterocycles. The number of hydrogen-bond donors (Lipinski definition) is 2. The van der Waals surface area contributed by atoms with Gasteiger partial charge in [0, 0.05) is 31.3 Å². The van der Waals surface area contributed by atoms with Crippen molar-refractivity contribution in [3.8, 4) is 0 Å². The predicted molar refractivity (Wildman–Crippen MR) is 86.9 cm³/mol. The van der Waals surface area contributed by atoms with Gasteiger partial charge in [-0.25, -0.2) is 0 Å². The molecule has 2 N–H and O–H groups in total. The van der Waals surface area contributed by atoms with E-state index in [1.54, 1.807) is 36.2 Å². The molecule has 0 aromatic heterocycles. The molecule has 0 fully saturated rings. The fraction of sp³-hybridized carbons (Fsp3) is 0.529. The average Bonchev–Trinajstić information content (AvgIpc) is 2.53. The molecule has 1 rings (SSSR count). The van der Waals surface area contributed by atoms with E-state index in [0.717, 1.165) is 0 Å². The summed E-state index contributed by atoms with van der Waals surface area (Å²) < 4.78 is 0. The third-order valence-corrected chi connectivity index (χ3v) is 3.69. The molecule has 0 spiro atoms. The van der Waals surface area contributed by atoms with E-state index < -0.39 is 6.10 Å². The van der Waals surface area contributed by atoms with Crippen molar-refractivity contribution in [2.24, 2.45) is 5.92 Å². The monoisotopic (exact) mass is 306 g/mol. The first-order chi connectivity index (χ1) is 10.4. The fourth-order valence-corrected chi connectivity index (χ4v) is 1.93. The van der Waals surface area contributed by atoms with Gasteiger partial charge in [0.1, 0.15) is 0 Å². The summed E-state index contributed by atoms with van der Waals surface area (Å²) in [5.74, 6) is -0.167. The van der Waals surface area contributed by atoms with Crippen molar-refractivity contribution in [2.45, 2.75) is 33.3 Å². The first kappa shape index (κ1) is 18.2. The van der Waals surface area contributed by atoms with E-state index >= 15 is 0 Å². The number of carbonyl (C=O) groups is 2. The second-order valence-corrected chi connectivity index (χ2v) is 5.76. The number of nitrogens with one attached hydrogen (secondary N) is 1. The Morgan fingerprint density at radius 2 is 1.91 bits per heavy atom. The Balaban J connectivity index is 2.65. The molecular weight excluding hydrogens is 280 g/mol. The summed E-state index contributed by atoms with van der Waals surface area (Å²) in [6, 6.07) is 6.68. The zero-order valence-corrected chi connectivity index (χ0v) is 13.8. The second-order valence-electron chi connectivity index (χ2n) is 5.76. The number of aliphatic hydroxyl groups excluding tert-OH is 1. The molecule has 1 atom stereocenters. The largest absolute Gasteiger partial charge is 0.393 e. The molecule has 122 valence electrons. The van der Waals surface area contributed by atoms with E-state index in [1.165, 1.54) is 0 Å². The molecule has 5 heteroatoms. The Labute approximate surface area is 132 Å². The highest BCUT2D eigenvalue weighted by Gasteiger charge is 2.14. The molecule has 2 amide bonds. The molecule has 1 aromatic carbocycles. The Bertz CT molecular complexity index is 514. The summed E-state index contributed by atoms with van der Waals surface area (Å²) >= 11 is 0. The number of carbonyl (C=O) groups excluding carboxylic acids is 2. The number of amides is 2. The van der Waals surface area contributed by atoms with Crippen LogP contribution in [0, 0.1) is 5.92 Å². The normalized spacial score (nSPS) is 12.1. The van der Waals surface area contributed by atoms with Gasteiger partial charge in [0.2, 0.25) is 0 Å². The Hall–Kier alpha value is -1.88. The number of benzene rings is 1. The second kappa shape index (κ2) is 8.54. The number of nitrogens with zero attached hydrogens (tertiary/aromatic N) is 1. The van der Waals surface area contributed by atoms with Gasteiger partial charge >= 0.3 is 0 Å². The van der Waals surface area contributed by atoms with Gasteiger partial charge in [0.25, 0.3) is 11.8 Å². The standard InChI is InChI=1S/C17H26N2O3/c1-5-19(4)17(22)14-8-6-7-13(11-14)16(21)18-10-9-15(20)12(2)3/h6-8,11-12,15,20H,5,9-10H2,1-4H3,(H,18,21). The zero-order chi connectivity index (χ0) is 16.7. The average molecular weight is 306 g/mol. The van der Waals surface area contributed by atoms with Crippen molar-refractivity contribution in [3.63, 3.8) is 0 Å². The Morgan fingerprint density at radius 3 is 2.50 bits per heavy atom. The third-order valence-electron chi connectivity index (χ3n) is 3.69. The minimum atomic E-state index is -0.425. The molecule has 0 aliphatic heterocycles. The van der Waals surface area contributed by atoms with Crippen molar-refractivity contribution in [3.05, 3.63) is 35.4 Å². The van der Waals surface area contributed by atoms with Crippen LogP contribution in [0.1, 0.15) is 47.9 Å². The number of hydrogen-bond acceptors (Lipinski definition) is 3. The summed E-state index contributed by atoms with van der Waals surface area (Å²) in [5, 5.41) is 12.5. The number of aliphatic hydroxyl groups is 1. The van der Waals surface area contributed by atoms with Crippen LogP contribution in [-0.2, 0) is 0 Å². The van der Waals surface area contributed by atoms with Crippen molar-refractivity contribution in [1.29, 1.82) is 0 Å². The first-order valence-corrected chi connectivity index (χ1v) is 7.68. The molecular formula is C17H26N2O3. The molecule has 0 radical (unpaired) electrons. The van der Waals surface area contributed by atoms with Crippen LogP contribution >= 0.6 is 0 Å². The van der Waals surface area contributed by atoms with Gasteiger partial charge in [-0.2, -0.15) is 0 Å². The van der Waals surface area contributed by atoms with Crippen molar-refractivity contribution < 1.29 is 14.7 Å². The van der Waals surface area contributed by atoms with Crippen LogP contribution < -0.4 is 5.32 Å². The lowest BCUT2D eigenvalue weighted by Gasteiger charge is -2.16. The lowest BCUT2D eigenvalue weighted by atomic mass is 10.0. The van der Waals surface area contributed by atoms with Gasteiger partial charge in [-0.3, -0.25) is 9.59 Å². The van der Waals surface area contributed by atoms with Crippen LogP contribution in [-0.4, -0.2) is 48.1 Å². The van der Waals surface area contributed by atoms with E-state index in [4.69, 9.17) is 0 Å². The number of rotatable bonds is 7. The van der Waals surface area contributed by atoms with Crippen LogP contribution in [0.25, 0.3) is 0 Å². The highest BCUT2D eigenvalue weighted by atomic mass is 16.3. The molecule has 0 aliphatic carbocycles. The zero-order valence-electron chi connectivity index (χ0n) is 13.8. The summed E-state index contributed by atoms with van der Waals surface area (Å²) in [4.78, 5) is 25.8. The van der Waals surface area contributed by atoms with E-state index in [0.29, 0.717) is 30.6 Å². The fourth-order valence-electron chi connectivity index (χ4n) is 1.93. The highest BCUT2D eigenvalue weighted by Crippen LogP contribution is 2.09. The molecule has 0 saturated carbocycles. The summed E-state index contributed by atoms with van der Waals surface area (Å²) in [6.45, 7) is 6.79. The van der Waals surface area contributed by atoms with Gasteiger partial charge in [-0.1, -0.05) is 19.9 Å². The summed E-state index contributed by atoms with van der Waals surface area (Å²) in [5.41, 5.74) is 0.952. The molecule has 0 aliphatic rings. The van der Waals surface area contributed by atoms with E-state index in [9.17, 15) is 14.7 Å². The Kier molecular flexibility index (Phi) is 7.05. The lowest BCUT2D eigenvalue weighted by molar-refractivity contribution is 0.0802. The van der Waals surface area contributed by atoms with Crippen LogP contribution in [0.15, 0.2) is 24.3 Å². The van der Waals surface area contributed by atoms with E-state index in [1.807, 2.05) is 20.8 Å². The summed E-state index contributed by atoms with van der Waals surface area (Å²) in [6.07, 6.45) is 0.0899. The molecule has 1 unspecified atom stereocenters. The van der Waals surface area contributed by atoms with Gasteiger partial charge in [0.05, 0.1) is 6.10 Å². The van der Waals surface area contributed by atoms with Crippen LogP contribution in [0.2, 0.25) is 0 Å². The molecule has 1 aromatic rings. The molecule has 0 heterocycles. The van der Waals surface area contributed by atoms with E-state index in [-0.39, 0.29) is 17.7 Å². The van der Waals surface area contributed by atoms with Crippen LogP contribution in [0.4, 0.5) is 0 Å². The van der Waals surface area contributed by atoms with E-state index in [2.05, 4.69) is 5.32 Å². The first-order valence-electron chi connectivity index (χ1n) is 7.68. The SMILES string of the molecule is CCN(C)C(=O)c1cccc(C(=O)NCCC(O)C(C)C)c1. The molecule has 22 heavy (non-hydrogen) atoms. The quantitative estimate of drug-likeness (QED) is 0.808. The van der Waals surface area contributed by atoms with Gasteiger partial charge in [-0.15, -0.1) is 0 Å². The minimum absolute atomic E-state index is 0.104. The van der Waals surface area contributed by atoms with Crippen LogP contribution in [0.3, 0.4) is 0 Å². The maximum absolute atomic E-state index is 12.1. The van der Waals surface area contributed by atoms with Crippen molar-refractivity contribution in [1.82, 2.24) is 10.2 Å². The predicted octanol–water partition coefficient (Wildman–Crippen LogP) is 1.92. The van der Waals surface area contributed by atoms with Gasteiger partial charge < -0.3 is 15.3 Å². The maximum atomic E-state index is 12.1. The Morgan fingerprint density at radius 1 is 1.27 bits per heavy atom. The summed E-state index contributed by atoms with van der Waals surface area (Å²) in [7, 11) is 1.72. The maximum Gasteiger partial charge on any atom is 0.253 e. The smallest absolute Gasteiger partial charge is 0.253 e. The molecule has 5 nitrogen and oxygen atoms in total. The molecule has 0 bridgehead atoms. The topological polar surface area (TPSA) is 69.6 Å². The van der Waals surface area contributed by atoms with Crippen molar-refractivity contribution >= 4 is 11.8 Å². The van der Waals surface area contributed by atoms with Gasteiger partial charge in [0.15, 0.2) is 0 Å². The van der Waals surface area contributed by atoms with Crippen LogP contribution in [0.5, 0.6) is 0 Å². The van der Waals surface area contributed by atoms with Gasteiger partial charge in [-0.05, 0) is 37.5 Å².